The monoisotopic (exact) mass is 410 g/mol. The Kier molecular flexibility index (Phi) is 5.02. The highest BCUT2D eigenvalue weighted by atomic mass is 32.2. The number of carbonyl (C=O) groups is 1. The van der Waals surface area contributed by atoms with Crippen LogP contribution in [0, 0.1) is 6.92 Å². The van der Waals surface area contributed by atoms with Crippen molar-refractivity contribution in [2.75, 3.05) is 5.32 Å². The highest BCUT2D eigenvalue weighted by molar-refractivity contribution is 7.89. The molecule has 0 aliphatic heterocycles. The topological polar surface area (TPSA) is 88.4 Å². The third-order valence-corrected chi connectivity index (χ3v) is 6.57. The van der Waals surface area contributed by atoms with E-state index in [1.807, 2.05) is 31.2 Å². The van der Waals surface area contributed by atoms with Crippen molar-refractivity contribution < 1.29 is 17.6 Å². The van der Waals surface area contributed by atoms with E-state index in [0.29, 0.717) is 11.4 Å². The summed E-state index contributed by atoms with van der Waals surface area (Å²) in [5.41, 5.74) is 2.03. The molecule has 0 radical (unpaired) electrons. The molecule has 6 nitrogen and oxygen atoms in total. The summed E-state index contributed by atoms with van der Waals surface area (Å²) in [7, 11) is -3.73. The summed E-state index contributed by atoms with van der Waals surface area (Å²) in [6.07, 6.45) is 3.05. The highest BCUT2D eigenvalue weighted by Gasteiger charge is 2.51. The number of anilines is 1. The van der Waals surface area contributed by atoms with Gasteiger partial charge in [0.25, 0.3) is 0 Å². The summed E-state index contributed by atoms with van der Waals surface area (Å²) < 4.78 is 32.8. The summed E-state index contributed by atoms with van der Waals surface area (Å²) in [5, 5.41) is 2.90. The molecule has 1 aliphatic rings. The zero-order valence-corrected chi connectivity index (χ0v) is 16.8. The van der Waals surface area contributed by atoms with Crippen LogP contribution in [-0.2, 0) is 26.8 Å². The molecule has 2 aromatic carbocycles. The van der Waals surface area contributed by atoms with E-state index in [2.05, 4.69) is 10.0 Å². The summed E-state index contributed by atoms with van der Waals surface area (Å²) >= 11 is 0. The number of furan rings is 1. The van der Waals surface area contributed by atoms with Crippen molar-refractivity contribution in [1.82, 2.24) is 4.72 Å². The Hall–Kier alpha value is -2.90. The van der Waals surface area contributed by atoms with Crippen LogP contribution < -0.4 is 10.0 Å². The third-order valence-electron chi connectivity index (χ3n) is 5.17. The van der Waals surface area contributed by atoms with Gasteiger partial charge in [0.2, 0.25) is 15.9 Å². The maximum atomic E-state index is 13.0. The van der Waals surface area contributed by atoms with Gasteiger partial charge in [-0.2, -0.15) is 0 Å². The fourth-order valence-corrected chi connectivity index (χ4v) is 4.41. The van der Waals surface area contributed by atoms with Gasteiger partial charge in [0.05, 0.1) is 23.1 Å². The predicted molar refractivity (Wildman–Crippen MR) is 110 cm³/mol. The van der Waals surface area contributed by atoms with Crippen molar-refractivity contribution in [3.63, 3.8) is 0 Å². The molecule has 4 rings (SSSR count). The van der Waals surface area contributed by atoms with Gasteiger partial charge in [0.15, 0.2) is 0 Å². The molecular formula is C22H22N2O4S. The SMILES string of the molecule is Cc1cccc(C2(C(=O)Nc3cccc(S(=O)(=O)NCc4ccco4)c3)CC2)c1. The van der Waals surface area contributed by atoms with Gasteiger partial charge >= 0.3 is 0 Å². The molecule has 1 saturated carbocycles. The second-order valence-corrected chi connectivity index (χ2v) is 9.10. The maximum Gasteiger partial charge on any atom is 0.241 e. The largest absolute Gasteiger partial charge is 0.468 e. The summed E-state index contributed by atoms with van der Waals surface area (Å²) in [4.78, 5) is 13.0. The number of carbonyl (C=O) groups excluding carboxylic acids is 1. The molecule has 0 atom stereocenters. The zero-order chi connectivity index (χ0) is 20.5. The van der Waals surface area contributed by atoms with E-state index in [1.165, 1.54) is 18.4 Å². The van der Waals surface area contributed by atoms with Crippen LogP contribution in [0.15, 0.2) is 76.2 Å². The Balaban J connectivity index is 1.49. The molecule has 29 heavy (non-hydrogen) atoms. The van der Waals surface area contributed by atoms with Crippen LogP contribution in [0.4, 0.5) is 5.69 Å². The van der Waals surface area contributed by atoms with Crippen molar-refractivity contribution in [3.8, 4) is 0 Å². The lowest BCUT2D eigenvalue weighted by Gasteiger charge is -2.17. The molecule has 7 heteroatoms. The van der Waals surface area contributed by atoms with Gasteiger partial charge in [0.1, 0.15) is 5.76 Å². The molecule has 0 saturated heterocycles. The Morgan fingerprint density at radius 2 is 1.86 bits per heavy atom. The average Bonchev–Trinajstić information content (AvgIpc) is 3.36. The Morgan fingerprint density at radius 1 is 1.07 bits per heavy atom. The Bertz CT molecular complexity index is 1130. The minimum atomic E-state index is -3.73. The standard InChI is InChI=1S/C22H22N2O4S/c1-16-5-2-6-17(13-16)22(10-11-22)21(25)24-18-7-3-9-20(14-18)29(26,27)23-15-19-8-4-12-28-19/h2-9,12-14,23H,10-11,15H2,1H3,(H,24,25). The van der Waals surface area contributed by atoms with Gasteiger partial charge in [-0.05, 0) is 55.7 Å². The molecule has 2 N–H and O–H groups in total. The zero-order valence-electron chi connectivity index (χ0n) is 16.0. The molecule has 1 heterocycles. The molecule has 0 spiro atoms. The van der Waals surface area contributed by atoms with E-state index in [9.17, 15) is 13.2 Å². The lowest BCUT2D eigenvalue weighted by molar-refractivity contribution is -0.118. The van der Waals surface area contributed by atoms with E-state index in [-0.39, 0.29) is 17.3 Å². The summed E-state index contributed by atoms with van der Waals surface area (Å²) in [6.45, 7) is 2.06. The second-order valence-electron chi connectivity index (χ2n) is 7.34. The number of aryl methyl sites for hydroxylation is 1. The predicted octanol–water partition coefficient (Wildman–Crippen LogP) is 3.74. The van der Waals surface area contributed by atoms with Gasteiger partial charge in [-0.1, -0.05) is 35.9 Å². The van der Waals surface area contributed by atoms with Crippen molar-refractivity contribution in [3.05, 3.63) is 83.8 Å². The van der Waals surface area contributed by atoms with Crippen LogP contribution in [0.3, 0.4) is 0 Å². The minimum Gasteiger partial charge on any atom is -0.468 e. The number of amides is 1. The number of benzene rings is 2. The van der Waals surface area contributed by atoms with Crippen LogP contribution >= 0.6 is 0 Å². The first-order valence-corrected chi connectivity index (χ1v) is 10.9. The van der Waals surface area contributed by atoms with Crippen LogP contribution in [0.5, 0.6) is 0 Å². The van der Waals surface area contributed by atoms with Crippen molar-refractivity contribution in [2.45, 2.75) is 36.6 Å². The smallest absolute Gasteiger partial charge is 0.241 e. The van der Waals surface area contributed by atoms with Crippen LogP contribution in [-0.4, -0.2) is 14.3 Å². The second kappa shape index (κ2) is 7.50. The molecular weight excluding hydrogens is 388 g/mol. The van der Waals surface area contributed by atoms with E-state index < -0.39 is 15.4 Å². The van der Waals surface area contributed by atoms with Crippen LogP contribution in [0.25, 0.3) is 0 Å². The minimum absolute atomic E-state index is 0.0579. The third kappa shape index (κ3) is 4.11. The average molecular weight is 410 g/mol. The van der Waals surface area contributed by atoms with Gasteiger partial charge in [-0.15, -0.1) is 0 Å². The molecule has 1 amide bonds. The van der Waals surface area contributed by atoms with Gasteiger partial charge in [0, 0.05) is 5.69 Å². The fraction of sp³-hybridized carbons (Fsp3) is 0.227. The molecule has 1 aliphatic carbocycles. The first-order valence-electron chi connectivity index (χ1n) is 9.40. The van der Waals surface area contributed by atoms with E-state index in [1.54, 1.807) is 24.3 Å². The van der Waals surface area contributed by atoms with E-state index in [0.717, 1.165) is 24.0 Å². The molecule has 0 unspecified atom stereocenters. The lowest BCUT2D eigenvalue weighted by Crippen LogP contribution is -2.28. The highest BCUT2D eigenvalue weighted by Crippen LogP contribution is 2.49. The van der Waals surface area contributed by atoms with Crippen LogP contribution in [0.1, 0.15) is 29.7 Å². The quantitative estimate of drug-likeness (QED) is 0.621. The Morgan fingerprint density at radius 3 is 2.55 bits per heavy atom. The normalized spacial score (nSPS) is 15.1. The molecule has 1 fully saturated rings. The first-order chi connectivity index (χ1) is 13.9. The van der Waals surface area contributed by atoms with Gasteiger partial charge in [-0.25, -0.2) is 13.1 Å². The fourth-order valence-electron chi connectivity index (χ4n) is 3.37. The molecule has 0 bridgehead atoms. The summed E-state index contributed by atoms with van der Waals surface area (Å²) in [5.74, 6) is 0.410. The van der Waals surface area contributed by atoms with E-state index in [4.69, 9.17) is 4.42 Å². The number of nitrogens with one attached hydrogen (secondary N) is 2. The molecule has 1 aromatic heterocycles. The Labute approximate surface area is 170 Å². The van der Waals surface area contributed by atoms with Crippen molar-refractivity contribution in [1.29, 1.82) is 0 Å². The van der Waals surface area contributed by atoms with Crippen molar-refractivity contribution in [2.24, 2.45) is 0 Å². The number of hydrogen-bond acceptors (Lipinski definition) is 4. The van der Waals surface area contributed by atoms with Gasteiger partial charge < -0.3 is 9.73 Å². The maximum absolute atomic E-state index is 13.0. The number of hydrogen-bond donors (Lipinski definition) is 2. The summed E-state index contributed by atoms with van der Waals surface area (Å²) in [6, 6.07) is 17.6. The van der Waals surface area contributed by atoms with Crippen molar-refractivity contribution >= 4 is 21.6 Å². The lowest BCUT2D eigenvalue weighted by atomic mass is 9.93. The molecule has 150 valence electrons. The number of sulfonamides is 1. The van der Waals surface area contributed by atoms with E-state index >= 15 is 0 Å². The van der Waals surface area contributed by atoms with Crippen LogP contribution in [0.2, 0.25) is 0 Å². The first kappa shape index (κ1) is 19.4. The van der Waals surface area contributed by atoms with Gasteiger partial charge in [-0.3, -0.25) is 4.79 Å². The molecule has 3 aromatic rings. The number of rotatable bonds is 7.